The Labute approximate surface area is 147 Å². The number of fused-ring (bicyclic) bond motifs is 1. The van der Waals surface area contributed by atoms with Gasteiger partial charge in [0.05, 0.1) is 18.5 Å². The third-order valence-electron chi connectivity index (χ3n) is 3.87. The molecule has 3 heterocycles. The Bertz CT molecular complexity index is 945. The van der Waals surface area contributed by atoms with Crippen LogP contribution in [0, 0.1) is 0 Å². The summed E-state index contributed by atoms with van der Waals surface area (Å²) >= 11 is 0. The molecule has 1 fully saturated rings. The number of hydrogen-bond acceptors (Lipinski definition) is 9. The van der Waals surface area contributed by atoms with Gasteiger partial charge in [0.25, 0.3) is 0 Å². The Balaban J connectivity index is 1.42. The highest BCUT2D eigenvalue weighted by Crippen LogP contribution is 2.26. The van der Waals surface area contributed by atoms with Crippen LogP contribution in [0.25, 0.3) is 11.2 Å². The van der Waals surface area contributed by atoms with Crippen molar-refractivity contribution in [1.82, 2.24) is 19.5 Å². The van der Waals surface area contributed by atoms with Crippen molar-refractivity contribution < 1.29 is 19.0 Å². The number of rotatable bonds is 4. The molecule has 4 N–H and O–H groups in total. The van der Waals surface area contributed by atoms with Gasteiger partial charge in [-0.05, 0) is 12.1 Å². The van der Waals surface area contributed by atoms with Crippen LogP contribution in [0.15, 0.2) is 36.7 Å². The number of carbonyl (C=O) groups is 1. The molecular weight excluding hydrogens is 340 g/mol. The fourth-order valence-electron chi connectivity index (χ4n) is 2.64. The number of benzene rings is 1. The second-order valence-corrected chi connectivity index (χ2v) is 5.61. The quantitative estimate of drug-likeness (QED) is 0.647. The van der Waals surface area contributed by atoms with Gasteiger partial charge in [-0.15, -0.1) is 0 Å². The summed E-state index contributed by atoms with van der Waals surface area (Å²) in [6, 6.07) is 8.70. The van der Waals surface area contributed by atoms with E-state index in [2.05, 4.69) is 15.0 Å². The predicted molar refractivity (Wildman–Crippen MR) is 90.7 cm³/mol. The van der Waals surface area contributed by atoms with E-state index < -0.39 is 18.5 Å². The molecule has 134 valence electrons. The second kappa shape index (κ2) is 6.58. The number of hydrogen-bond donors (Lipinski definition) is 2. The molecule has 2 aromatic heterocycles. The van der Waals surface area contributed by atoms with Gasteiger partial charge in [-0.2, -0.15) is 9.97 Å². The summed E-state index contributed by atoms with van der Waals surface area (Å²) in [4.78, 5) is 24.2. The van der Waals surface area contributed by atoms with Gasteiger partial charge in [0.2, 0.25) is 5.95 Å². The normalized spacial score (nSPS) is 19.7. The van der Waals surface area contributed by atoms with E-state index in [0.29, 0.717) is 16.7 Å². The minimum absolute atomic E-state index is 0.0316. The molecule has 0 amide bonds. The molecular formula is C16H16N6O4. The van der Waals surface area contributed by atoms with Crippen LogP contribution in [0.2, 0.25) is 0 Å². The lowest BCUT2D eigenvalue weighted by atomic mass is 10.2. The van der Waals surface area contributed by atoms with Crippen molar-refractivity contribution in [2.45, 2.75) is 12.5 Å². The largest absolute Gasteiger partial charge is 0.457 e. The first-order valence-corrected chi connectivity index (χ1v) is 7.86. The van der Waals surface area contributed by atoms with E-state index in [0.717, 1.165) is 0 Å². The maximum absolute atomic E-state index is 12.0. The van der Waals surface area contributed by atoms with Crippen molar-refractivity contribution in [2.75, 3.05) is 24.7 Å². The topological polar surface area (TPSA) is 140 Å². The first kappa shape index (κ1) is 16.2. The number of aromatic nitrogens is 4. The van der Waals surface area contributed by atoms with Crippen molar-refractivity contribution in [1.29, 1.82) is 0 Å². The molecule has 0 aliphatic carbocycles. The summed E-state index contributed by atoms with van der Waals surface area (Å²) in [7, 11) is 0. The summed E-state index contributed by atoms with van der Waals surface area (Å²) in [5, 5.41) is 0. The number of nitrogens with two attached hydrogens (primary N) is 2. The standard InChI is InChI=1S/C16H16N6O4/c17-13-12-14(21-16(18)20-13)22(8-19-12)10-6-24-11(26-10)7-25-15(23)9-4-2-1-3-5-9/h1-5,8,10-11H,6-7H2,(H4,17,18,20,21). The van der Waals surface area contributed by atoms with Crippen LogP contribution in [-0.2, 0) is 14.2 Å². The molecule has 0 bridgehead atoms. The van der Waals surface area contributed by atoms with Gasteiger partial charge in [-0.25, -0.2) is 9.78 Å². The van der Waals surface area contributed by atoms with Crippen LogP contribution in [0.1, 0.15) is 16.6 Å². The predicted octanol–water partition coefficient (Wildman–Crippen LogP) is 0.719. The number of anilines is 2. The molecule has 4 rings (SSSR count). The fraction of sp³-hybridized carbons (Fsp3) is 0.250. The fourth-order valence-corrected chi connectivity index (χ4v) is 2.64. The van der Waals surface area contributed by atoms with Gasteiger partial charge in [0, 0.05) is 0 Å². The van der Waals surface area contributed by atoms with Gasteiger partial charge < -0.3 is 25.7 Å². The number of carbonyl (C=O) groups excluding carboxylic acids is 1. The van der Waals surface area contributed by atoms with Crippen molar-refractivity contribution in [3.8, 4) is 0 Å². The number of nitrogens with zero attached hydrogens (tertiary/aromatic N) is 4. The third kappa shape index (κ3) is 3.03. The van der Waals surface area contributed by atoms with Crippen molar-refractivity contribution in [2.24, 2.45) is 0 Å². The molecule has 26 heavy (non-hydrogen) atoms. The summed E-state index contributed by atoms with van der Waals surface area (Å²) in [5.74, 6) is -0.204. The monoisotopic (exact) mass is 356 g/mol. The minimum atomic E-state index is -0.693. The van der Waals surface area contributed by atoms with Crippen LogP contribution in [-0.4, -0.2) is 45.0 Å². The summed E-state index contributed by atoms with van der Waals surface area (Å²) in [6.45, 7) is 0.207. The second-order valence-electron chi connectivity index (χ2n) is 5.61. The highest BCUT2D eigenvalue weighted by atomic mass is 16.7. The average Bonchev–Trinajstić information content (AvgIpc) is 3.27. The smallest absolute Gasteiger partial charge is 0.338 e. The van der Waals surface area contributed by atoms with Crippen LogP contribution >= 0.6 is 0 Å². The molecule has 10 heteroatoms. The number of ether oxygens (including phenoxy) is 3. The van der Waals surface area contributed by atoms with Crippen LogP contribution in [0.5, 0.6) is 0 Å². The number of imidazole rings is 1. The molecule has 10 nitrogen and oxygen atoms in total. The summed E-state index contributed by atoms with van der Waals surface area (Å²) in [6.07, 6.45) is 0.345. The van der Waals surface area contributed by atoms with Gasteiger partial charge in [-0.1, -0.05) is 18.2 Å². The van der Waals surface area contributed by atoms with E-state index in [1.165, 1.54) is 6.33 Å². The average molecular weight is 356 g/mol. The van der Waals surface area contributed by atoms with E-state index in [4.69, 9.17) is 25.7 Å². The molecule has 2 atom stereocenters. The molecule has 1 aliphatic rings. The molecule has 1 saturated heterocycles. The molecule has 1 aliphatic heterocycles. The Kier molecular flexibility index (Phi) is 4.11. The molecule has 2 unspecified atom stereocenters. The summed E-state index contributed by atoms with van der Waals surface area (Å²) < 4.78 is 18.2. The third-order valence-corrected chi connectivity index (χ3v) is 3.87. The Morgan fingerprint density at radius 2 is 2.08 bits per heavy atom. The van der Waals surface area contributed by atoms with E-state index in [1.807, 2.05) is 6.07 Å². The van der Waals surface area contributed by atoms with Crippen LogP contribution < -0.4 is 11.5 Å². The Morgan fingerprint density at radius 3 is 2.88 bits per heavy atom. The van der Waals surface area contributed by atoms with Crippen LogP contribution in [0.4, 0.5) is 11.8 Å². The highest BCUT2D eigenvalue weighted by Gasteiger charge is 2.30. The zero-order valence-electron chi connectivity index (χ0n) is 13.6. The molecule has 3 aromatic rings. The first-order chi connectivity index (χ1) is 12.6. The molecule has 0 saturated carbocycles. The zero-order chi connectivity index (χ0) is 18.1. The number of nitrogen functional groups attached to an aromatic ring is 2. The van der Waals surface area contributed by atoms with Gasteiger partial charge in [0.15, 0.2) is 24.0 Å². The van der Waals surface area contributed by atoms with Gasteiger partial charge in [0.1, 0.15) is 12.1 Å². The lowest BCUT2D eigenvalue weighted by Gasteiger charge is -2.13. The van der Waals surface area contributed by atoms with Crippen molar-refractivity contribution in [3.05, 3.63) is 42.2 Å². The zero-order valence-corrected chi connectivity index (χ0v) is 13.6. The SMILES string of the molecule is Nc1nc(N)c2ncn(C3COC(COC(=O)c4ccccc4)O3)c2n1. The Morgan fingerprint density at radius 1 is 1.27 bits per heavy atom. The number of esters is 1. The Hall–Kier alpha value is -3.24. The van der Waals surface area contributed by atoms with E-state index in [-0.39, 0.29) is 25.0 Å². The van der Waals surface area contributed by atoms with E-state index in [9.17, 15) is 4.79 Å². The maximum Gasteiger partial charge on any atom is 0.338 e. The molecule has 0 spiro atoms. The van der Waals surface area contributed by atoms with Crippen LogP contribution in [0.3, 0.4) is 0 Å². The van der Waals surface area contributed by atoms with Gasteiger partial charge in [-0.3, -0.25) is 4.57 Å². The highest BCUT2D eigenvalue weighted by molar-refractivity contribution is 5.89. The van der Waals surface area contributed by atoms with Crippen molar-refractivity contribution >= 4 is 28.9 Å². The molecule has 1 aromatic carbocycles. The van der Waals surface area contributed by atoms with E-state index in [1.54, 1.807) is 28.8 Å². The maximum atomic E-state index is 12.0. The van der Waals surface area contributed by atoms with Gasteiger partial charge >= 0.3 is 5.97 Å². The van der Waals surface area contributed by atoms with Crippen molar-refractivity contribution in [3.63, 3.8) is 0 Å². The first-order valence-electron chi connectivity index (χ1n) is 7.86. The minimum Gasteiger partial charge on any atom is -0.457 e. The molecule has 0 radical (unpaired) electrons. The lowest BCUT2D eigenvalue weighted by Crippen LogP contribution is -2.20. The summed E-state index contributed by atoms with van der Waals surface area (Å²) in [5.41, 5.74) is 12.8. The van der Waals surface area contributed by atoms with E-state index >= 15 is 0 Å². The lowest BCUT2D eigenvalue weighted by molar-refractivity contribution is -0.102.